The molecule has 3 heterocycles. The second kappa shape index (κ2) is 13.2. The maximum Gasteiger partial charge on any atom is 0.218 e. The summed E-state index contributed by atoms with van der Waals surface area (Å²) in [6, 6.07) is 7.25. The number of hydrazone groups is 1. The van der Waals surface area contributed by atoms with Gasteiger partial charge in [-0.25, -0.2) is 23.5 Å². The fourth-order valence-electron chi connectivity index (χ4n) is 4.44. The fourth-order valence-corrected chi connectivity index (χ4v) is 5.29. The SMILES string of the molecule is COCCOC(c1ncc(C)cn1)C(C=C1N(C)N=C(c2cncc(C)c2)N1c1c(OC)cccc1OC)S(N)(=O)=O. The quantitative estimate of drug-likeness (QED) is 0.306. The molecule has 42 heavy (non-hydrogen) atoms. The van der Waals surface area contributed by atoms with E-state index in [1.807, 2.05) is 19.9 Å². The third kappa shape index (κ3) is 6.68. The van der Waals surface area contributed by atoms with Gasteiger partial charge in [0.15, 0.2) is 11.7 Å². The number of rotatable bonds is 12. The van der Waals surface area contributed by atoms with Crippen LogP contribution in [0.5, 0.6) is 11.5 Å². The zero-order chi connectivity index (χ0) is 30.4. The highest BCUT2D eigenvalue weighted by Crippen LogP contribution is 2.43. The number of aromatic nitrogens is 3. The van der Waals surface area contributed by atoms with E-state index >= 15 is 0 Å². The molecule has 0 saturated heterocycles. The number of hydrogen-bond acceptors (Lipinski definition) is 12. The number of pyridine rings is 1. The number of nitrogens with two attached hydrogens (primary N) is 1. The van der Waals surface area contributed by atoms with E-state index in [4.69, 9.17) is 29.2 Å². The molecule has 0 amide bonds. The summed E-state index contributed by atoms with van der Waals surface area (Å²) in [6.45, 7) is 4.04. The molecule has 1 aliphatic rings. The first-order valence-electron chi connectivity index (χ1n) is 13.0. The van der Waals surface area contributed by atoms with E-state index < -0.39 is 21.4 Å². The van der Waals surface area contributed by atoms with E-state index in [0.717, 1.165) is 11.1 Å². The van der Waals surface area contributed by atoms with Gasteiger partial charge in [0.2, 0.25) is 10.0 Å². The van der Waals surface area contributed by atoms with Crippen LogP contribution in [0.3, 0.4) is 0 Å². The number of para-hydroxylation sites is 1. The second-order valence-corrected chi connectivity index (χ2v) is 11.2. The molecule has 0 aliphatic carbocycles. The van der Waals surface area contributed by atoms with Gasteiger partial charge in [-0.3, -0.25) is 14.9 Å². The van der Waals surface area contributed by atoms with Gasteiger partial charge in [0.1, 0.15) is 34.4 Å². The number of benzene rings is 1. The topological polar surface area (TPSA) is 155 Å². The third-order valence-electron chi connectivity index (χ3n) is 6.41. The molecule has 2 aromatic heterocycles. The summed E-state index contributed by atoms with van der Waals surface area (Å²) in [5, 5.41) is 10.8. The summed E-state index contributed by atoms with van der Waals surface area (Å²) in [4.78, 5) is 14.8. The van der Waals surface area contributed by atoms with E-state index in [1.165, 1.54) is 27.4 Å². The molecule has 2 atom stereocenters. The van der Waals surface area contributed by atoms with Crippen molar-refractivity contribution in [3.05, 3.63) is 83.5 Å². The predicted octanol–water partition coefficient (Wildman–Crippen LogP) is 2.52. The average Bonchev–Trinajstić information content (AvgIpc) is 3.29. The molecular weight excluding hydrogens is 562 g/mol. The van der Waals surface area contributed by atoms with Gasteiger partial charge in [-0.15, -0.1) is 0 Å². The van der Waals surface area contributed by atoms with Crippen LogP contribution in [0.4, 0.5) is 5.69 Å². The summed E-state index contributed by atoms with van der Waals surface area (Å²) in [5.74, 6) is 1.88. The van der Waals surface area contributed by atoms with Crippen molar-refractivity contribution < 1.29 is 27.4 Å². The lowest BCUT2D eigenvalue weighted by atomic mass is 10.1. The lowest BCUT2D eigenvalue weighted by Crippen LogP contribution is -2.38. The minimum absolute atomic E-state index is 0.0736. The predicted molar refractivity (Wildman–Crippen MR) is 158 cm³/mol. The summed E-state index contributed by atoms with van der Waals surface area (Å²) in [7, 11) is 1.99. The van der Waals surface area contributed by atoms with E-state index in [9.17, 15) is 8.42 Å². The number of ether oxygens (including phenoxy) is 4. The Labute approximate surface area is 245 Å². The van der Waals surface area contributed by atoms with Gasteiger partial charge < -0.3 is 18.9 Å². The maximum absolute atomic E-state index is 13.3. The number of primary sulfonamides is 1. The highest BCUT2D eigenvalue weighted by molar-refractivity contribution is 7.90. The van der Waals surface area contributed by atoms with E-state index in [0.29, 0.717) is 34.4 Å². The van der Waals surface area contributed by atoms with Gasteiger partial charge in [-0.1, -0.05) is 6.07 Å². The average molecular weight is 598 g/mol. The third-order valence-corrected chi connectivity index (χ3v) is 7.55. The molecule has 1 aromatic carbocycles. The van der Waals surface area contributed by atoms with Gasteiger partial charge in [-0.2, -0.15) is 5.10 Å². The highest BCUT2D eigenvalue weighted by Gasteiger charge is 2.39. The Morgan fingerprint density at radius 2 is 1.64 bits per heavy atom. The van der Waals surface area contributed by atoms with Crippen molar-refractivity contribution >= 4 is 21.5 Å². The Balaban J connectivity index is 1.95. The molecule has 4 rings (SSSR count). The molecule has 13 nitrogen and oxygen atoms in total. The molecule has 2 unspecified atom stereocenters. The lowest BCUT2D eigenvalue weighted by Gasteiger charge is -2.29. The van der Waals surface area contributed by atoms with Crippen LogP contribution in [0, 0.1) is 13.8 Å². The minimum Gasteiger partial charge on any atom is -0.494 e. The Morgan fingerprint density at radius 1 is 0.976 bits per heavy atom. The molecule has 0 spiro atoms. The number of amidine groups is 1. The second-order valence-electron chi connectivity index (χ2n) is 9.53. The molecular formula is C28H35N7O6S. The number of hydrogen-bond donors (Lipinski definition) is 1. The Bertz CT molecular complexity index is 1540. The van der Waals surface area contributed by atoms with E-state index in [2.05, 4.69) is 15.0 Å². The van der Waals surface area contributed by atoms with Gasteiger partial charge in [0.05, 0.1) is 27.4 Å². The van der Waals surface area contributed by atoms with Crippen LogP contribution in [-0.2, 0) is 19.5 Å². The fraction of sp³-hybridized carbons (Fsp3) is 0.357. The molecule has 14 heteroatoms. The first-order valence-corrected chi connectivity index (χ1v) is 14.6. The first-order chi connectivity index (χ1) is 20.1. The molecule has 0 saturated carbocycles. The molecule has 2 N–H and O–H groups in total. The first kappa shape index (κ1) is 30.8. The largest absolute Gasteiger partial charge is 0.494 e. The van der Waals surface area contributed by atoms with Crippen molar-refractivity contribution in [3.8, 4) is 11.5 Å². The van der Waals surface area contributed by atoms with Gasteiger partial charge in [0, 0.05) is 44.5 Å². The van der Waals surface area contributed by atoms with Gasteiger partial charge >= 0.3 is 0 Å². The molecule has 0 radical (unpaired) electrons. The van der Waals surface area contributed by atoms with Gasteiger partial charge in [-0.05, 0) is 49.2 Å². The number of sulfonamides is 1. The van der Waals surface area contributed by atoms with Crippen LogP contribution >= 0.6 is 0 Å². The Kier molecular flexibility index (Phi) is 9.73. The summed E-state index contributed by atoms with van der Waals surface area (Å²) in [6.07, 6.45) is 6.88. The normalized spacial score (nSPS) is 16.0. The van der Waals surface area contributed by atoms with Crippen molar-refractivity contribution in [1.82, 2.24) is 20.0 Å². The molecule has 3 aromatic rings. The van der Waals surface area contributed by atoms with Crippen LogP contribution in [0.25, 0.3) is 0 Å². The molecule has 0 bridgehead atoms. The lowest BCUT2D eigenvalue weighted by molar-refractivity contribution is 0.0148. The van der Waals surface area contributed by atoms with Crippen molar-refractivity contribution in [2.24, 2.45) is 10.2 Å². The smallest absolute Gasteiger partial charge is 0.218 e. The monoisotopic (exact) mass is 597 g/mol. The number of anilines is 1. The molecule has 1 aliphatic heterocycles. The maximum atomic E-state index is 13.3. The standard InChI is InChI=1S/C28H35N7O6S/c1-18-12-20(17-30-14-18)28-33-34(3)24(35(28)25-21(39-5)8-7-9-22(25)40-6)13-23(42(29,36)37)26(41-11-10-38-4)27-31-15-19(2)16-32-27/h7-9,12-17,23,26H,10-11H2,1-6H3,(H2,29,36,37). The zero-order valence-corrected chi connectivity index (χ0v) is 25.2. The Hall–Kier alpha value is -4.11. The minimum atomic E-state index is -4.30. The van der Waals surface area contributed by atoms with Crippen LogP contribution in [0.2, 0.25) is 0 Å². The van der Waals surface area contributed by atoms with Crippen molar-refractivity contribution in [2.45, 2.75) is 25.2 Å². The van der Waals surface area contributed by atoms with Crippen LogP contribution in [0.1, 0.15) is 28.6 Å². The molecule has 224 valence electrons. The van der Waals surface area contributed by atoms with Crippen LogP contribution < -0.4 is 19.5 Å². The summed E-state index contributed by atoms with van der Waals surface area (Å²) < 4.78 is 49.1. The van der Waals surface area contributed by atoms with Gasteiger partial charge in [0.25, 0.3) is 0 Å². The van der Waals surface area contributed by atoms with Crippen LogP contribution in [-0.4, -0.2) is 81.1 Å². The van der Waals surface area contributed by atoms with E-state index in [1.54, 1.807) is 59.9 Å². The van der Waals surface area contributed by atoms with Crippen LogP contribution in [0.15, 0.2) is 66.1 Å². The number of aryl methyl sites for hydroxylation is 2. The molecule has 0 fully saturated rings. The summed E-state index contributed by atoms with van der Waals surface area (Å²) in [5.41, 5.74) is 2.89. The summed E-state index contributed by atoms with van der Waals surface area (Å²) >= 11 is 0. The number of nitrogens with zero attached hydrogens (tertiary/aromatic N) is 6. The Morgan fingerprint density at radius 3 is 2.21 bits per heavy atom. The number of methoxy groups -OCH3 is 3. The van der Waals surface area contributed by atoms with Crippen molar-refractivity contribution in [2.75, 3.05) is 46.5 Å². The highest BCUT2D eigenvalue weighted by atomic mass is 32.2. The van der Waals surface area contributed by atoms with Crippen molar-refractivity contribution in [1.29, 1.82) is 0 Å². The van der Waals surface area contributed by atoms with E-state index in [-0.39, 0.29) is 19.0 Å². The zero-order valence-electron chi connectivity index (χ0n) is 24.4. The van der Waals surface area contributed by atoms with Crippen molar-refractivity contribution in [3.63, 3.8) is 0 Å².